The first kappa shape index (κ1) is 18.0. The van der Waals surface area contributed by atoms with Crippen LogP contribution in [0.5, 0.6) is 5.75 Å². The predicted molar refractivity (Wildman–Crippen MR) is 83.4 cm³/mol. The molecule has 0 saturated heterocycles. The molecular weight excluding hydrogens is 284 g/mol. The Morgan fingerprint density at radius 3 is 2.45 bits per heavy atom. The molecule has 0 unspecified atom stereocenters. The summed E-state index contributed by atoms with van der Waals surface area (Å²) in [6.45, 7) is 4.47. The lowest BCUT2D eigenvalue weighted by Crippen LogP contribution is -2.43. The minimum Gasteiger partial charge on any atom is -0.484 e. The number of carbonyl (C=O) groups is 2. The molecule has 2 N–H and O–H groups in total. The van der Waals surface area contributed by atoms with Gasteiger partial charge in [-0.05, 0) is 49.9 Å². The quantitative estimate of drug-likeness (QED) is 0.565. The standard InChI is InChI=1S/C16H24N2O4/c1-12-7-8-14(10-13(12)2)22-11-16(20)18-17-15(19)6-4-5-9-21-3/h7-8,10H,4-6,9,11H2,1-3H3,(H,17,19)(H,18,20). The van der Waals surface area contributed by atoms with E-state index in [4.69, 9.17) is 9.47 Å². The van der Waals surface area contributed by atoms with Gasteiger partial charge in [-0.3, -0.25) is 20.4 Å². The summed E-state index contributed by atoms with van der Waals surface area (Å²) >= 11 is 0. The van der Waals surface area contributed by atoms with Crippen LogP contribution in [0, 0.1) is 13.8 Å². The monoisotopic (exact) mass is 308 g/mol. The van der Waals surface area contributed by atoms with Crippen LogP contribution in [-0.4, -0.2) is 32.1 Å². The van der Waals surface area contributed by atoms with Gasteiger partial charge in [0.25, 0.3) is 5.91 Å². The number of carbonyl (C=O) groups excluding carboxylic acids is 2. The Bertz CT molecular complexity index is 503. The molecule has 0 aliphatic carbocycles. The van der Waals surface area contributed by atoms with Gasteiger partial charge in [0.05, 0.1) is 0 Å². The molecule has 122 valence electrons. The second kappa shape index (κ2) is 9.78. The van der Waals surface area contributed by atoms with Gasteiger partial charge < -0.3 is 9.47 Å². The summed E-state index contributed by atoms with van der Waals surface area (Å²) in [7, 11) is 1.62. The lowest BCUT2D eigenvalue weighted by Gasteiger charge is -2.10. The molecular formula is C16H24N2O4. The number of unbranched alkanes of at least 4 members (excludes halogenated alkanes) is 1. The molecule has 22 heavy (non-hydrogen) atoms. The summed E-state index contributed by atoms with van der Waals surface area (Å²) < 4.78 is 10.3. The van der Waals surface area contributed by atoms with E-state index in [9.17, 15) is 9.59 Å². The van der Waals surface area contributed by atoms with E-state index in [-0.39, 0.29) is 12.5 Å². The van der Waals surface area contributed by atoms with E-state index in [1.807, 2.05) is 32.0 Å². The Morgan fingerprint density at radius 1 is 1.05 bits per heavy atom. The number of hydrogen-bond donors (Lipinski definition) is 2. The van der Waals surface area contributed by atoms with Crippen LogP contribution < -0.4 is 15.6 Å². The number of benzene rings is 1. The highest BCUT2D eigenvalue weighted by molar-refractivity contribution is 5.82. The Morgan fingerprint density at radius 2 is 1.77 bits per heavy atom. The second-order valence-corrected chi connectivity index (χ2v) is 5.08. The lowest BCUT2D eigenvalue weighted by molar-refractivity contribution is -0.130. The minimum absolute atomic E-state index is 0.146. The first-order valence-electron chi connectivity index (χ1n) is 7.29. The molecule has 1 rings (SSSR count). The van der Waals surface area contributed by atoms with Crippen molar-refractivity contribution in [2.24, 2.45) is 0 Å². The van der Waals surface area contributed by atoms with Crippen LogP contribution in [0.25, 0.3) is 0 Å². The van der Waals surface area contributed by atoms with E-state index in [1.165, 1.54) is 0 Å². The smallest absolute Gasteiger partial charge is 0.276 e. The van der Waals surface area contributed by atoms with Crippen molar-refractivity contribution in [2.75, 3.05) is 20.3 Å². The molecule has 6 nitrogen and oxygen atoms in total. The van der Waals surface area contributed by atoms with Crippen molar-refractivity contribution >= 4 is 11.8 Å². The number of amides is 2. The third-order valence-electron chi connectivity index (χ3n) is 3.19. The van der Waals surface area contributed by atoms with Crippen LogP contribution in [-0.2, 0) is 14.3 Å². The zero-order chi connectivity index (χ0) is 16.4. The molecule has 0 aliphatic rings. The summed E-state index contributed by atoms with van der Waals surface area (Å²) in [6.07, 6.45) is 1.88. The number of aryl methyl sites for hydroxylation is 2. The summed E-state index contributed by atoms with van der Waals surface area (Å²) in [5.41, 5.74) is 6.95. The third-order valence-corrected chi connectivity index (χ3v) is 3.19. The van der Waals surface area contributed by atoms with Crippen LogP contribution >= 0.6 is 0 Å². The first-order chi connectivity index (χ1) is 10.5. The maximum atomic E-state index is 11.6. The van der Waals surface area contributed by atoms with Crippen LogP contribution in [0.1, 0.15) is 30.4 Å². The molecule has 0 heterocycles. The predicted octanol–water partition coefficient (Wildman–Crippen LogP) is 1.65. The van der Waals surface area contributed by atoms with Gasteiger partial charge in [-0.1, -0.05) is 6.07 Å². The SMILES string of the molecule is COCCCCC(=O)NNC(=O)COc1ccc(C)c(C)c1. The largest absolute Gasteiger partial charge is 0.484 e. The topological polar surface area (TPSA) is 76.7 Å². The van der Waals surface area contributed by atoms with Crippen molar-refractivity contribution in [3.63, 3.8) is 0 Å². The first-order valence-corrected chi connectivity index (χ1v) is 7.29. The van der Waals surface area contributed by atoms with Gasteiger partial charge in [-0.15, -0.1) is 0 Å². The number of hydrazine groups is 1. The summed E-state index contributed by atoms with van der Waals surface area (Å²) in [6, 6.07) is 5.62. The molecule has 0 spiro atoms. The Hall–Kier alpha value is -2.08. The van der Waals surface area contributed by atoms with Gasteiger partial charge in [0.1, 0.15) is 5.75 Å². The molecule has 1 aromatic carbocycles. The fourth-order valence-electron chi connectivity index (χ4n) is 1.72. The summed E-state index contributed by atoms with van der Waals surface area (Å²) in [5.74, 6) is 0.00300. The highest BCUT2D eigenvalue weighted by Crippen LogP contribution is 2.16. The maximum absolute atomic E-state index is 11.6. The van der Waals surface area contributed by atoms with Crippen molar-refractivity contribution in [2.45, 2.75) is 33.1 Å². The van der Waals surface area contributed by atoms with Crippen molar-refractivity contribution in [3.05, 3.63) is 29.3 Å². The number of rotatable bonds is 8. The van der Waals surface area contributed by atoms with E-state index in [0.29, 0.717) is 25.2 Å². The lowest BCUT2D eigenvalue weighted by atomic mass is 10.1. The number of nitrogens with one attached hydrogen (secondary N) is 2. The number of ether oxygens (including phenoxy) is 2. The van der Waals surface area contributed by atoms with Crippen molar-refractivity contribution in [3.8, 4) is 5.75 Å². The van der Waals surface area contributed by atoms with E-state index in [1.54, 1.807) is 7.11 Å². The summed E-state index contributed by atoms with van der Waals surface area (Å²) in [4.78, 5) is 23.0. The van der Waals surface area contributed by atoms with Crippen molar-refractivity contribution in [1.29, 1.82) is 0 Å². The van der Waals surface area contributed by atoms with E-state index in [2.05, 4.69) is 10.9 Å². The fourth-order valence-corrected chi connectivity index (χ4v) is 1.72. The van der Waals surface area contributed by atoms with Crippen molar-refractivity contribution in [1.82, 2.24) is 10.9 Å². The van der Waals surface area contributed by atoms with E-state index in [0.717, 1.165) is 17.5 Å². The number of methoxy groups -OCH3 is 1. The minimum atomic E-state index is -0.400. The maximum Gasteiger partial charge on any atom is 0.276 e. The number of hydrogen-bond acceptors (Lipinski definition) is 4. The van der Waals surface area contributed by atoms with Crippen molar-refractivity contribution < 1.29 is 19.1 Å². The molecule has 0 fully saturated rings. The Kier molecular flexibility index (Phi) is 7.99. The van der Waals surface area contributed by atoms with Crippen LogP contribution in [0.3, 0.4) is 0 Å². The van der Waals surface area contributed by atoms with E-state index >= 15 is 0 Å². The third kappa shape index (κ3) is 7.08. The molecule has 0 bridgehead atoms. The normalized spacial score (nSPS) is 10.1. The Balaban J connectivity index is 2.20. The summed E-state index contributed by atoms with van der Waals surface area (Å²) in [5, 5.41) is 0. The van der Waals surface area contributed by atoms with Crippen LogP contribution in [0.4, 0.5) is 0 Å². The molecule has 0 atom stereocenters. The molecule has 0 aromatic heterocycles. The van der Waals surface area contributed by atoms with E-state index < -0.39 is 5.91 Å². The zero-order valence-corrected chi connectivity index (χ0v) is 13.4. The average molecular weight is 308 g/mol. The molecule has 6 heteroatoms. The van der Waals surface area contributed by atoms with Gasteiger partial charge >= 0.3 is 0 Å². The molecule has 1 aromatic rings. The Labute approximate surface area is 131 Å². The molecule has 2 amide bonds. The molecule has 0 aliphatic heterocycles. The van der Waals surface area contributed by atoms with Crippen LogP contribution in [0.15, 0.2) is 18.2 Å². The molecule has 0 radical (unpaired) electrons. The fraction of sp³-hybridized carbons (Fsp3) is 0.500. The highest BCUT2D eigenvalue weighted by atomic mass is 16.5. The van der Waals surface area contributed by atoms with Gasteiger partial charge in [-0.2, -0.15) is 0 Å². The molecule has 0 saturated carbocycles. The van der Waals surface area contributed by atoms with Gasteiger partial charge in [0.15, 0.2) is 6.61 Å². The van der Waals surface area contributed by atoms with Crippen LogP contribution in [0.2, 0.25) is 0 Å². The van der Waals surface area contributed by atoms with Gasteiger partial charge in [-0.25, -0.2) is 0 Å². The second-order valence-electron chi connectivity index (χ2n) is 5.08. The highest BCUT2D eigenvalue weighted by Gasteiger charge is 2.06. The van der Waals surface area contributed by atoms with Gasteiger partial charge in [0.2, 0.25) is 5.91 Å². The zero-order valence-electron chi connectivity index (χ0n) is 13.4. The average Bonchev–Trinajstić information content (AvgIpc) is 2.50. The van der Waals surface area contributed by atoms with Gasteiger partial charge in [0, 0.05) is 20.1 Å².